The number of alkyl halides is 1. The topological polar surface area (TPSA) is 151 Å². The maximum Gasteiger partial charge on any atom is 0.407 e. The van der Waals surface area contributed by atoms with Gasteiger partial charge in [-0.15, -0.1) is 0 Å². The fraction of sp³-hybridized carbons (Fsp3) is 0.800. The molecule has 240 valence electrons. The number of allylic oxidation sites excluding steroid dienone is 1. The van der Waals surface area contributed by atoms with Crippen LogP contribution in [0.25, 0.3) is 0 Å². The van der Waals surface area contributed by atoms with E-state index in [1.165, 1.54) is 4.90 Å². The van der Waals surface area contributed by atoms with E-state index >= 15 is 0 Å². The summed E-state index contributed by atoms with van der Waals surface area (Å²) in [5.74, 6) is -1.90. The van der Waals surface area contributed by atoms with Gasteiger partial charge in [0.05, 0.1) is 11.4 Å². The highest BCUT2D eigenvalue weighted by Crippen LogP contribution is 2.48. The molecule has 5 rings (SSSR count). The van der Waals surface area contributed by atoms with Crippen LogP contribution >= 0.6 is 22.6 Å². The van der Waals surface area contributed by atoms with Gasteiger partial charge in [0.25, 0.3) is 5.91 Å². The zero-order valence-electron chi connectivity index (χ0n) is 25.5. The van der Waals surface area contributed by atoms with Crippen molar-refractivity contribution in [3.05, 3.63) is 12.2 Å². The number of ether oxygens (including phenoxy) is 1. The van der Waals surface area contributed by atoms with E-state index in [1.807, 2.05) is 19.1 Å². The Hall–Kier alpha value is -1.90. The Morgan fingerprint density at radius 3 is 2.49 bits per heavy atom. The van der Waals surface area contributed by atoms with Gasteiger partial charge in [-0.25, -0.2) is 13.2 Å². The second-order valence-corrected chi connectivity index (χ2v) is 18.3. The lowest BCUT2D eigenvalue weighted by atomic mass is 9.88. The molecule has 3 saturated carbocycles. The van der Waals surface area contributed by atoms with Crippen LogP contribution in [0.4, 0.5) is 4.79 Å². The highest BCUT2D eigenvalue weighted by atomic mass is 127. The van der Waals surface area contributed by atoms with Crippen LogP contribution < -0.4 is 15.4 Å². The number of rotatable bonds is 6. The Morgan fingerprint density at radius 1 is 1.14 bits per heavy atom. The fourth-order valence-electron chi connectivity index (χ4n) is 6.26. The van der Waals surface area contributed by atoms with Crippen LogP contribution in [-0.4, -0.2) is 76.6 Å². The minimum Gasteiger partial charge on any atom is -0.449 e. The van der Waals surface area contributed by atoms with Crippen molar-refractivity contribution >= 4 is 56.4 Å². The van der Waals surface area contributed by atoms with Crippen LogP contribution in [0.3, 0.4) is 0 Å². The number of carbonyl (C=O) groups excluding carboxylic acids is 4. The largest absolute Gasteiger partial charge is 0.449 e. The molecule has 1 saturated heterocycles. The molecule has 0 aromatic heterocycles. The van der Waals surface area contributed by atoms with Gasteiger partial charge in [0.2, 0.25) is 21.8 Å². The standard InChI is InChI=1S/C30H45IN4O7S/c1-18-7-5-6-8-20-15-30(20,26(38)34-43(40,41)29(4)11-12-29)33-24(36)22-14-21(31)16-35(22)25(37)23(19(2)13-18)32-27(39)42-17-28(3)9-10-28/h6,8,18-23H,5,7,9-17H2,1-4H3,(H,32,39)(H,33,36)(H,34,38)/b8-6-/t18-,19+,20+,21+,22-,23-,30+/m0/s1. The van der Waals surface area contributed by atoms with Crippen molar-refractivity contribution < 1.29 is 32.3 Å². The normalized spacial score (nSPS) is 37.4. The molecule has 4 fully saturated rings. The predicted molar refractivity (Wildman–Crippen MR) is 169 cm³/mol. The molecule has 7 atom stereocenters. The van der Waals surface area contributed by atoms with Crippen molar-refractivity contribution in [3.63, 3.8) is 0 Å². The van der Waals surface area contributed by atoms with Crippen molar-refractivity contribution in [1.29, 1.82) is 0 Å². The zero-order valence-corrected chi connectivity index (χ0v) is 28.5. The monoisotopic (exact) mass is 732 g/mol. The molecule has 2 heterocycles. The maximum absolute atomic E-state index is 14.1. The van der Waals surface area contributed by atoms with E-state index in [0.717, 1.165) is 25.7 Å². The fourth-order valence-corrected chi connectivity index (χ4v) is 8.48. The van der Waals surface area contributed by atoms with E-state index in [0.29, 0.717) is 38.8 Å². The molecule has 11 nitrogen and oxygen atoms in total. The number of amides is 4. The summed E-state index contributed by atoms with van der Waals surface area (Å²) in [5, 5.41) is 5.72. The van der Waals surface area contributed by atoms with Crippen LogP contribution in [0, 0.1) is 23.2 Å². The van der Waals surface area contributed by atoms with E-state index in [2.05, 4.69) is 51.8 Å². The van der Waals surface area contributed by atoms with Gasteiger partial charge in [-0.3, -0.25) is 19.1 Å². The Labute approximate surface area is 268 Å². The number of nitrogens with zero attached hydrogens (tertiary/aromatic N) is 1. The summed E-state index contributed by atoms with van der Waals surface area (Å²) in [6.07, 6.45) is 9.12. The first-order chi connectivity index (χ1) is 20.1. The molecular weight excluding hydrogens is 687 g/mol. The molecule has 0 bridgehead atoms. The van der Waals surface area contributed by atoms with E-state index in [9.17, 15) is 27.6 Å². The lowest BCUT2D eigenvalue weighted by molar-refractivity contribution is -0.142. The van der Waals surface area contributed by atoms with Crippen molar-refractivity contribution in [2.24, 2.45) is 23.2 Å². The number of hydrogen-bond donors (Lipinski definition) is 3. The molecule has 5 aliphatic rings. The van der Waals surface area contributed by atoms with E-state index in [1.54, 1.807) is 6.92 Å². The van der Waals surface area contributed by atoms with Crippen LogP contribution in [-0.2, 0) is 29.1 Å². The lowest BCUT2D eigenvalue weighted by Crippen LogP contribution is -2.59. The average molecular weight is 733 g/mol. The Bertz CT molecular complexity index is 1300. The van der Waals surface area contributed by atoms with Gasteiger partial charge in [0, 0.05) is 21.8 Å². The highest BCUT2D eigenvalue weighted by molar-refractivity contribution is 14.1. The molecule has 0 unspecified atom stereocenters. The molecule has 0 spiro atoms. The summed E-state index contributed by atoms with van der Waals surface area (Å²) in [6.45, 7) is 8.33. The third-order valence-electron chi connectivity index (χ3n) is 10.2. The maximum atomic E-state index is 14.1. The number of carbonyl (C=O) groups is 4. The average Bonchev–Trinajstić information content (AvgIpc) is 3.88. The first-order valence-electron chi connectivity index (χ1n) is 15.5. The molecule has 13 heteroatoms. The SMILES string of the molecule is C[C@H]1CC/C=C\[C@@H]2C[C@@]2(C(=O)NS(=O)(=O)C2(C)CC2)NC(=O)[C@@H]2C[C@@H](I)CN2C(=O)[C@@H](NC(=O)OCC2(C)CC2)[C@H](C)C1. The van der Waals surface area contributed by atoms with Crippen LogP contribution in [0.5, 0.6) is 0 Å². The van der Waals surface area contributed by atoms with Gasteiger partial charge < -0.3 is 20.3 Å². The number of sulfonamides is 1. The number of hydrogen-bond acceptors (Lipinski definition) is 7. The molecule has 2 aliphatic heterocycles. The summed E-state index contributed by atoms with van der Waals surface area (Å²) in [7, 11) is -3.90. The minimum absolute atomic E-state index is 0.00194. The molecular formula is C30H45IN4O7S. The second kappa shape index (κ2) is 11.8. The van der Waals surface area contributed by atoms with Gasteiger partial charge in [0.15, 0.2) is 0 Å². The summed E-state index contributed by atoms with van der Waals surface area (Å²) >= 11 is 2.21. The van der Waals surface area contributed by atoms with Gasteiger partial charge >= 0.3 is 6.09 Å². The highest BCUT2D eigenvalue weighted by Gasteiger charge is 2.63. The van der Waals surface area contributed by atoms with Gasteiger partial charge in [0.1, 0.15) is 17.6 Å². The Kier molecular flexibility index (Phi) is 8.91. The first-order valence-corrected chi connectivity index (χ1v) is 18.2. The van der Waals surface area contributed by atoms with Gasteiger partial charge in [-0.2, -0.15) is 0 Å². The number of halogens is 1. The molecule has 43 heavy (non-hydrogen) atoms. The van der Waals surface area contributed by atoms with Crippen molar-refractivity contribution in [3.8, 4) is 0 Å². The van der Waals surface area contributed by atoms with Crippen LogP contribution in [0.2, 0.25) is 0 Å². The van der Waals surface area contributed by atoms with E-state index in [4.69, 9.17) is 4.74 Å². The van der Waals surface area contributed by atoms with E-state index in [-0.39, 0.29) is 39.4 Å². The van der Waals surface area contributed by atoms with Crippen LogP contribution in [0.15, 0.2) is 12.2 Å². The zero-order chi connectivity index (χ0) is 31.4. The van der Waals surface area contributed by atoms with Gasteiger partial charge in [-0.1, -0.05) is 55.5 Å². The number of fused-ring (bicyclic) bond motifs is 2. The van der Waals surface area contributed by atoms with E-state index < -0.39 is 50.3 Å². The summed E-state index contributed by atoms with van der Waals surface area (Å²) in [6, 6.07) is -1.74. The smallest absolute Gasteiger partial charge is 0.407 e. The third-order valence-corrected chi connectivity index (χ3v) is 13.2. The summed E-state index contributed by atoms with van der Waals surface area (Å²) in [5.41, 5.74) is -1.40. The molecule has 3 N–H and O–H groups in total. The summed E-state index contributed by atoms with van der Waals surface area (Å²) in [4.78, 5) is 55.9. The molecule has 0 aromatic carbocycles. The molecule has 0 radical (unpaired) electrons. The minimum atomic E-state index is -3.90. The van der Waals surface area contributed by atoms with Crippen molar-refractivity contribution in [1.82, 2.24) is 20.3 Å². The second-order valence-electron chi connectivity index (χ2n) is 14.3. The number of alkyl carbamates (subject to hydrolysis) is 1. The summed E-state index contributed by atoms with van der Waals surface area (Å²) < 4.78 is 32.6. The quantitative estimate of drug-likeness (QED) is 0.216. The Balaban J connectivity index is 1.39. The molecule has 4 amide bonds. The lowest BCUT2D eigenvalue weighted by Gasteiger charge is -2.33. The van der Waals surface area contributed by atoms with Crippen molar-refractivity contribution in [2.75, 3.05) is 13.2 Å². The third kappa shape index (κ3) is 7.01. The van der Waals surface area contributed by atoms with Crippen molar-refractivity contribution in [2.45, 2.75) is 112 Å². The predicted octanol–water partition coefficient (Wildman–Crippen LogP) is 3.17. The molecule has 0 aromatic rings. The van der Waals surface area contributed by atoms with Crippen LogP contribution in [0.1, 0.15) is 85.5 Å². The molecule has 3 aliphatic carbocycles. The Morgan fingerprint density at radius 2 is 1.84 bits per heavy atom. The number of nitrogens with one attached hydrogen (secondary N) is 3. The van der Waals surface area contributed by atoms with Gasteiger partial charge in [-0.05, 0) is 76.5 Å². The first kappa shape index (κ1) is 32.5.